The molecule has 0 radical (unpaired) electrons. The van der Waals surface area contributed by atoms with Crippen molar-refractivity contribution in [3.8, 4) is 11.8 Å². The summed E-state index contributed by atoms with van der Waals surface area (Å²) in [7, 11) is 0. The van der Waals surface area contributed by atoms with Crippen LogP contribution in [0.1, 0.15) is 24.5 Å². The molecule has 0 heterocycles. The summed E-state index contributed by atoms with van der Waals surface area (Å²) in [6, 6.07) is 8.41. The number of hydrogen-bond donors (Lipinski definition) is 0. The van der Waals surface area contributed by atoms with E-state index in [1.54, 1.807) is 0 Å². The predicted molar refractivity (Wildman–Crippen MR) is 61.1 cm³/mol. The van der Waals surface area contributed by atoms with Gasteiger partial charge in [0.25, 0.3) is 0 Å². The smallest absolute Gasteiger partial charge is 0.0247 e. The first-order valence-electron chi connectivity index (χ1n) is 4.50. The summed E-state index contributed by atoms with van der Waals surface area (Å²) in [5.74, 6) is 6.25. The fourth-order valence-corrected chi connectivity index (χ4v) is 1.28. The van der Waals surface area contributed by atoms with Gasteiger partial charge < -0.3 is 0 Å². The van der Waals surface area contributed by atoms with E-state index in [1.165, 1.54) is 5.56 Å². The van der Waals surface area contributed by atoms with Crippen molar-refractivity contribution in [2.75, 3.05) is 5.33 Å². The van der Waals surface area contributed by atoms with Gasteiger partial charge in [0, 0.05) is 17.3 Å². The van der Waals surface area contributed by atoms with Crippen LogP contribution >= 0.6 is 15.9 Å². The van der Waals surface area contributed by atoms with Gasteiger partial charge in [-0.15, -0.1) is 0 Å². The summed E-state index contributed by atoms with van der Waals surface area (Å²) in [6.07, 6.45) is 1.99. The second-order valence-electron chi connectivity index (χ2n) is 2.79. The molecule has 0 atom stereocenters. The van der Waals surface area contributed by atoms with E-state index in [4.69, 9.17) is 0 Å². The SMILES string of the molecule is CCc1cccc(C#CCCBr)c1. The maximum Gasteiger partial charge on any atom is 0.0247 e. The Balaban J connectivity index is 2.73. The largest absolute Gasteiger partial charge is 0.0970 e. The summed E-state index contributed by atoms with van der Waals surface area (Å²) in [5.41, 5.74) is 2.48. The molecule has 13 heavy (non-hydrogen) atoms. The minimum absolute atomic E-state index is 0.913. The van der Waals surface area contributed by atoms with Crippen LogP contribution in [0.25, 0.3) is 0 Å². The van der Waals surface area contributed by atoms with Crippen LogP contribution in [0.3, 0.4) is 0 Å². The van der Waals surface area contributed by atoms with Gasteiger partial charge in [0.2, 0.25) is 0 Å². The van der Waals surface area contributed by atoms with Crippen LogP contribution in [0, 0.1) is 11.8 Å². The van der Waals surface area contributed by atoms with Gasteiger partial charge in [0.15, 0.2) is 0 Å². The van der Waals surface area contributed by atoms with E-state index in [2.05, 4.69) is 59.0 Å². The average Bonchev–Trinajstić information content (AvgIpc) is 2.19. The van der Waals surface area contributed by atoms with E-state index in [0.29, 0.717) is 0 Å². The van der Waals surface area contributed by atoms with Crippen LogP contribution in [0.2, 0.25) is 0 Å². The summed E-state index contributed by atoms with van der Waals surface area (Å²) >= 11 is 3.35. The van der Waals surface area contributed by atoms with Gasteiger partial charge in [-0.2, -0.15) is 0 Å². The van der Waals surface area contributed by atoms with Gasteiger partial charge in [-0.1, -0.05) is 46.8 Å². The normalized spacial score (nSPS) is 9.08. The Bertz CT molecular complexity index is 317. The maximum atomic E-state index is 3.35. The van der Waals surface area contributed by atoms with E-state index in [9.17, 15) is 0 Å². The fourth-order valence-electron chi connectivity index (χ4n) is 1.08. The van der Waals surface area contributed by atoms with Crippen LogP contribution in [0.4, 0.5) is 0 Å². The first-order chi connectivity index (χ1) is 6.36. The third-order valence-corrected chi connectivity index (χ3v) is 2.18. The van der Waals surface area contributed by atoms with Crippen molar-refractivity contribution in [2.24, 2.45) is 0 Å². The van der Waals surface area contributed by atoms with Crippen molar-refractivity contribution in [2.45, 2.75) is 19.8 Å². The topological polar surface area (TPSA) is 0 Å². The predicted octanol–water partition coefficient (Wildman–Crippen LogP) is 3.39. The minimum Gasteiger partial charge on any atom is -0.0970 e. The first-order valence-corrected chi connectivity index (χ1v) is 5.62. The maximum absolute atomic E-state index is 3.35. The zero-order valence-corrected chi connectivity index (χ0v) is 9.39. The quantitative estimate of drug-likeness (QED) is 0.546. The highest BCUT2D eigenvalue weighted by molar-refractivity contribution is 9.09. The number of hydrogen-bond acceptors (Lipinski definition) is 0. The lowest BCUT2D eigenvalue weighted by atomic mass is 10.1. The number of alkyl halides is 1. The van der Waals surface area contributed by atoms with Gasteiger partial charge in [-0.05, 0) is 24.1 Å². The minimum atomic E-state index is 0.913. The molecule has 0 amide bonds. The molecule has 0 aliphatic rings. The molecule has 0 spiro atoms. The fraction of sp³-hybridized carbons (Fsp3) is 0.333. The van der Waals surface area contributed by atoms with Crippen LogP contribution in [0.5, 0.6) is 0 Å². The lowest BCUT2D eigenvalue weighted by molar-refractivity contribution is 1.14. The molecule has 0 bridgehead atoms. The third kappa shape index (κ3) is 3.65. The molecule has 1 heteroatoms. The highest BCUT2D eigenvalue weighted by Crippen LogP contribution is 2.04. The zero-order valence-electron chi connectivity index (χ0n) is 7.81. The molecule has 1 aromatic carbocycles. The van der Waals surface area contributed by atoms with E-state index in [-0.39, 0.29) is 0 Å². The van der Waals surface area contributed by atoms with E-state index in [0.717, 1.165) is 23.7 Å². The molecule has 0 unspecified atom stereocenters. The molecule has 0 fully saturated rings. The summed E-state index contributed by atoms with van der Waals surface area (Å²) in [6.45, 7) is 2.16. The van der Waals surface area contributed by atoms with Gasteiger partial charge >= 0.3 is 0 Å². The molecular weight excluding hydrogens is 224 g/mol. The molecule has 0 N–H and O–H groups in total. The Labute approximate surface area is 88.5 Å². The number of rotatable bonds is 2. The van der Waals surface area contributed by atoms with Crippen molar-refractivity contribution < 1.29 is 0 Å². The zero-order chi connectivity index (χ0) is 9.52. The van der Waals surface area contributed by atoms with Gasteiger partial charge in [0.05, 0.1) is 0 Å². The van der Waals surface area contributed by atoms with Crippen molar-refractivity contribution >= 4 is 15.9 Å². The lowest BCUT2D eigenvalue weighted by Gasteiger charge is -1.95. The number of benzene rings is 1. The van der Waals surface area contributed by atoms with E-state index >= 15 is 0 Å². The molecule has 0 saturated carbocycles. The molecule has 1 rings (SSSR count). The van der Waals surface area contributed by atoms with E-state index < -0.39 is 0 Å². The second kappa shape index (κ2) is 5.83. The first kappa shape index (κ1) is 10.3. The highest BCUT2D eigenvalue weighted by Gasteiger charge is 1.89. The molecule has 0 nitrogen and oxygen atoms in total. The number of halogens is 1. The average molecular weight is 237 g/mol. The lowest BCUT2D eigenvalue weighted by Crippen LogP contribution is -1.81. The van der Waals surface area contributed by atoms with Crippen LogP contribution in [-0.4, -0.2) is 5.33 Å². The van der Waals surface area contributed by atoms with Gasteiger partial charge in [0.1, 0.15) is 0 Å². The van der Waals surface area contributed by atoms with Crippen molar-refractivity contribution in [1.29, 1.82) is 0 Å². The Hall–Kier alpha value is -0.740. The Morgan fingerprint density at radius 3 is 2.92 bits per heavy atom. The molecule has 0 aliphatic carbocycles. The van der Waals surface area contributed by atoms with Gasteiger partial charge in [-0.25, -0.2) is 0 Å². The summed E-state index contributed by atoms with van der Waals surface area (Å²) < 4.78 is 0. The molecular formula is C12H13Br. The Morgan fingerprint density at radius 2 is 2.23 bits per heavy atom. The third-order valence-electron chi connectivity index (χ3n) is 1.79. The standard InChI is InChI=1S/C12H13Br/c1-2-11-7-5-8-12(10-11)6-3-4-9-13/h5,7-8,10H,2,4,9H2,1H3. The van der Waals surface area contributed by atoms with Crippen LogP contribution < -0.4 is 0 Å². The molecule has 68 valence electrons. The van der Waals surface area contributed by atoms with Gasteiger partial charge in [-0.3, -0.25) is 0 Å². The van der Waals surface area contributed by atoms with Crippen molar-refractivity contribution in [1.82, 2.24) is 0 Å². The Morgan fingerprint density at radius 1 is 1.38 bits per heavy atom. The molecule has 0 saturated heterocycles. The summed E-state index contributed by atoms with van der Waals surface area (Å²) in [5, 5.41) is 0.952. The van der Waals surface area contributed by atoms with E-state index in [1.807, 2.05) is 0 Å². The van der Waals surface area contributed by atoms with Crippen LogP contribution in [-0.2, 0) is 6.42 Å². The molecule has 0 aromatic heterocycles. The monoisotopic (exact) mass is 236 g/mol. The molecule has 1 aromatic rings. The summed E-state index contributed by atoms with van der Waals surface area (Å²) in [4.78, 5) is 0. The molecule has 0 aliphatic heterocycles. The highest BCUT2D eigenvalue weighted by atomic mass is 79.9. The second-order valence-corrected chi connectivity index (χ2v) is 3.59. The van der Waals surface area contributed by atoms with Crippen LogP contribution in [0.15, 0.2) is 24.3 Å². The van der Waals surface area contributed by atoms with Crippen molar-refractivity contribution in [3.63, 3.8) is 0 Å². The van der Waals surface area contributed by atoms with Crippen molar-refractivity contribution in [3.05, 3.63) is 35.4 Å². The Kier molecular flexibility index (Phi) is 4.64. The number of aryl methyl sites for hydroxylation is 1.